The molecule has 0 amide bonds. The Balaban J connectivity index is 2.35. The maximum atomic E-state index is 9.79. The molecule has 2 N–H and O–H groups in total. The van der Waals surface area contributed by atoms with Gasteiger partial charge in [-0.05, 0) is 46.6 Å². The molecule has 1 unspecified atom stereocenters. The number of rotatable bonds is 8. The van der Waals surface area contributed by atoms with Gasteiger partial charge in [0.05, 0.1) is 11.6 Å². The van der Waals surface area contributed by atoms with Crippen LogP contribution in [0.15, 0.2) is 22.7 Å². The highest BCUT2D eigenvalue weighted by Crippen LogP contribution is 2.29. The number of methoxy groups -OCH3 is 1. The van der Waals surface area contributed by atoms with E-state index in [1.807, 2.05) is 18.2 Å². The molecule has 0 saturated heterocycles. The van der Waals surface area contributed by atoms with Crippen molar-refractivity contribution in [3.05, 3.63) is 22.7 Å². The van der Waals surface area contributed by atoms with E-state index in [9.17, 15) is 5.11 Å². The summed E-state index contributed by atoms with van der Waals surface area (Å²) in [4.78, 5) is 0. The van der Waals surface area contributed by atoms with Gasteiger partial charge in [0.1, 0.15) is 24.2 Å². The third-order valence-electron chi connectivity index (χ3n) is 2.50. The molecule has 108 valence electrons. The molecule has 0 aromatic heterocycles. The third kappa shape index (κ3) is 6.27. The van der Waals surface area contributed by atoms with Crippen molar-refractivity contribution in [1.29, 1.82) is 0 Å². The average molecular weight is 332 g/mol. The minimum atomic E-state index is -0.521. The topological polar surface area (TPSA) is 50.7 Å². The first-order chi connectivity index (χ1) is 9.02. The van der Waals surface area contributed by atoms with Gasteiger partial charge in [0.15, 0.2) is 0 Å². The highest BCUT2D eigenvalue weighted by atomic mass is 79.9. The van der Waals surface area contributed by atoms with Crippen molar-refractivity contribution in [1.82, 2.24) is 5.32 Å². The fraction of sp³-hybridized carbons (Fsp3) is 0.571. The van der Waals surface area contributed by atoms with Gasteiger partial charge < -0.3 is 19.9 Å². The van der Waals surface area contributed by atoms with Crippen molar-refractivity contribution in [2.75, 3.05) is 26.8 Å². The van der Waals surface area contributed by atoms with Gasteiger partial charge in [0, 0.05) is 6.54 Å². The quantitative estimate of drug-likeness (QED) is 0.768. The van der Waals surface area contributed by atoms with Crippen molar-refractivity contribution < 1.29 is 14.6 Å². The molecule has 0 heterocycles. The molecule has 0 saturated carbocycles. The molecule has 0 aliphatic carbocycles. The molecule has 1 rings (SSSR count). The molecule has 1 aromatic rings. The van der Waals surface area contributed by atoms with Crippen LogP contribution in [0.1, 0.15) is 13.8 Å². The number of aliphatic hydroxyl groups is 1. The number of ether oxygens (including phenoxy) is 2. The van der Waals surface area contributed by atoms with Gasteiger partial charge in [-0.1, -0.05) is 13.8 Å². The summed E-state index contributed by atoms with van der Waals surface area (Å²) < 4.78 is 11.5. The van der Waals surface area contributed by atoms with E-state index in [1.165, 1.54) is 0 Å². The van der Waals surface area contributed by atoms with Crippen molar-refractivity contribution in [3.8, 4) is 11.5 Å². The fourth-order valence-corrected chi connectivity index (χ4v) is 1.98. The maximum absolute atomic E-state index is 9.79. The predicted molar refractivity (Wildman–Crippen MR) is 79.9 cm³/mol. The first-order valence-corrected chi connectivity index (χ1v) is 7.17. The van der Waals surface area contributed by atoms with Crippen LogP contribution < -0.4 is 14.8 Å². The van der Waals surface area contributed by atoms with Crippen molar-refractivity contribution >= 4 is 15.9 Å². The first kappa shape index (κ1) is 16.3. The van der Waals surface area contributed by atoms with Gasteiger partial charge in [0.25, 0.3) is 0 Å². The van der Waals surface area contributed by atoms with Crippen molar-refractivity contribution in [2.24, 2.45) is 5.92 Å². The molecule has 5 heteroatoms. The summed E-state index contributed by atoms with van der Waals surface area (Å²) in [5, 5.41) is 13.0. The summed E-state index contributed by atoms with van der Waals surface area (Å²) in [5.41, 5.74) is 0. The monoisotopic (exact) mass is 331 g/mol. The van der Waals surface area contributed by atoms with Gasteiger partial charge in [-0.3, -0.25) is 0 Å². The molecular weight excluding hydrogens is 310 g/mol. The summed E-state index contributed by atoms with van der Waals surface area (Å²) in [6, 6.07) is 5.47. The maximum Gasteiger partial charge on any atom is 0.133 e. The van der Waals surface area contributed by atoms with Crippen LogP contribution in [-0.4, -0.2) is 38.0 Å². The zero-order valence-electron chi connectivity index (χ0n) is 11.6. The summed E-state index contributed by atoms with van der Waals surface area (Å²) in [5.74, 6) is 2.03. The van der Waals surface area contributed by atoms with E-state index in [1.54, 1.807) is 7.11 Å². The second-order valence-corrected chi connectivity index (χ2v) is 5.67. The normalized spacial score (nSPS) is 12.5. The smallest absolute Gasteiger partial charge is 0.133 e. The van der Waals surface area contributed by atoms with Crippen LogP contribution >= 0.6 is 15.9 Å². The van der Waals surface area contributed by atoms with Gasteiger partial charge in [0.2, 0.25) is 0 Å². The lowest BCUT2D eigenvalue weighted by Crippen LogP contribution is -2.33. The summed E-state index contributed by atoms with van der Waals surface area (Å²) in [7, 11) is 1.62. The van der Waals surface area contributed by atoms with Crippen LogP contribution in [0.5, 0.6) is 11.5 Å². The van der Waals surface area contributed by atoms with Crippen LogP contribution in [0.4, 0.5) is 0 Å². The zero-order valence-corrected chi connectivity index (χ0v) is 13.2. The number of nitrogens with one attached hydrogen (secondary N) is 1. The Labute approximate surface area is 123 Å². The van der Waals surface area contributed by atoms with Crippen LogP contribution in [0.2, 0.25) is 0 Å². The van der Waals surface area contributed by atoms with Crippen molar-refractivity contribution in [2.45, 2.75) is 20.0 Å². The third-order valence-corrected chi connectivity index (χ3v) is 3.12. The Morgan fingerprint density at radius 2 is 2.05 bits per heavy atom. The summed E-state index contributed by atoms with van der Waals surface area (Å²) in [6.45, 7) is 5.94. The Bertz CT molecular complexity index is 385. The molecule has 1 atom stereocenters. The molecule has 0 spiro atoms. The van der Waals surface area contributed by atoms with Gasteiger partial charge >= 0.3 is 0 Å². The number of hydrogen-bond donors (Lipinski definition) is 2. The lowest BCUT2D eigenvalue weighted by atomic mass is 10.2. The van der Waals surface area contributed by atoms with E-state index in [0.29, 0.717) is 18.2 Å². The molecule has 0 bridgehead atoms. The average Bonchev–Trinajstić information content (AvgIpc) is 2.36. The Kier molecular flexibility index (Phi) is 7.20. The molecule has 19 heavy (non-hydrogen) atoms. The summed E-state index contributed by atoms with van der Waals surface area (Å²) in [6.07, 6.45) is -0.521. The molecular formula is C14H22BrNO3. The Hall–Kier alpha value is -0.780. The van der Waals surface area contributed by atoms with Gasteiger partial charge in [-0.2, -0.15) is 0 Å². The Morgan fingerprint density at radius 3 is 2.63 bits per heavy atom. The van der Waals surface area contributed by atoms with Crippen LogP contribution in [-0.2, 0) is 0 Å². The fourth-order valence-electron chi connectivity index (χ4n) is 1.51. The molecule has 1 aromatic carbocycles. The SMILES string of the molecule is COc1ccc(OCC(O)CNCC(C)C)c(Br)c1. The highest BCUT2D eigenvalue weighted by molar-refractivity contribution is 9.10. The van der Waals surface area contributed by atoms with Crippen LogP contribution in [0.25, 0.3) is 0 Å². The van der Waals surface area contributed by atoms with Gasteiger partial charge in [-0.25, -0.2) is 0 Å². The molecule has 0 radical (unpaired) electrons. The second kappa shape index (κ2) is 8.40. The molecule has 0 aliphatic rings. The zero-order chi connectivity index (χ0) is 14.3. The number of aliphatic hydroxyl groups excluding tert-OH is 1. The highest BCUT2D eigenvalue weighted by Gasteiger charge is 2.08. The van der Waals surface area contributed by atoms with E-state index in [2.05, 4.69) is 35.1 Å². The molecule has 4 nitrogen and oxygen atoms in total. The number of benzene rings is 1. The summed E-state index contributed by atoms with van der Waals surface area (Å²) >= 11 is 3.41. The van der Waals surface area contributed by atoms with E-state index in [-0.39, 0.29) is 6.61 Å². The lowest BCUT2D eigenvalue weighted by Gasteiger charge is -2.15. The largest absolute Gasteiger partial charge is 0.497 e. The van der Waals surface area contributed by atoms with E-state index >= 15 is 0 Å². The molecule has 0 aliphatic heterocycles. The number of hydrogen-bond acceptors (Lipinski definition) is 4. The van der Waals surface area contributed by atoms with E-state index in [0.717, 1.165) is 16.8 Å². The van der Waals surface area contributed by atoms with Crippen LogP contribution in [0, 0.1) is 5.92 Å². The minimum absolute atomic E-state index is 0.260. The van der Waals surface area contributed by atoms with Crippen LogP contribution in [0.3, 0.4) is 0 Å². The minimum Gasteiger partial charge on any atom is -0.497 e. The predicted octanol–water partition coefficient (Wildman–Crippen LogP) is 2.44. The Morgan fingerprint density at radius 1 is 1.32 bits per heavy atom. The second-order valence-electron chi connectivity index (χ2n) is 4.81. The standard InChI is InChI=1S/C14H22BrNO3/c1-10(2)7-16-8-11(17)9-19-14-5-4-12(18-3)6-13(14)15/h4-6,10-11,16-17H,7-9H2,1-3H3. The lowest BCUT2D eigenvalue weighted by molar-refractivity contribution is 0.105. The first-order valence-electron chi connectivity index (χ1n) is 6.38. The van der Waals surface area contributed by atoms with Crippen molar-refractivity contribution in [3.63, 3.8) is 0 Å². The van der Waals surface area contributed by atoms with E-state index in [4.69, 9.17) is 9.47 Å². The molecule has 0 fully saturated rings. The van der Waals surface area contributed by atoms with Gasteiger partial charge in [-0.15, -0.1) is 0 Å². The number of halogens is 1. The van der Waals surface area contributed by atoms with E-state index < -0.39 is 6.10 Å².